The van der Waals surface area contributed by atoms with Gasteiger partial charge in [0.2, 0.25) is 0 Å². The first-order chi connectivity index (χ1) is 12.1. The summed E-state index contributed by atoms with van der Waals surface area (Å²) in [6.45, 7) is 5.27. The fraction of sp³-hybridized carbons (Fsp3) is 0.312. The monoisotopic (exact) mass is 414 g/mol. The van der Waals surface area contributed by atoms with Crippen molar-refractivity contribution in [2.45, 2.75) is 32.5 Å². The van der Waals surface area contributed by atoms with Crippen LogP contribution in [0.4, 0.5) is 9.93 Å². The number of aromatic amines is 1. The number of H-pyrrole nitrogens is 1. The molecule has 0 fully saturated rings. The lowest BCUT2D eigenvalue weighted by Crippen LogP contribution is -2.27. The molecule has 1 unspecified atom stereocenters. The van der Waals surface area contributed by atoms with Crippen LogP contribution in [0.3, 0.4) is 0 Å². The van der Waals surface area contributed by atoms with Crippen molar-refractivity contribution in [1.82, 2.24) is 15.0 Å². The highest BCUT2D eigenvalue weighted by Gasteiger charge is 2.24. The number of halogens is 2. The molecule has 3 aromatic heterocycles. The lowest BCUT2D eigenvalue weighted by atomic mass is 10.1. The molecule has 7 nitrogen and oxygen atoms in total. The summed E-state index contributed by atoms with van der Waals surface area (Å²) in [5.41, 5.74) is 0.518. The van der Waals surface area contributed by atoms with Gasteiger partial charge in [-0.1, -0.05) is 34.5 Å². The van der Waals surface area contributed by atoms with E-state index in [-0.39, 0.29) is 10.3 Å². The van der Waals surface area contributed by atoms with Gasteiger partial charge in [-0.05, 0) is 26.8 Å². The molecule has 0 saturated heterocycles. The number of nitrogens with one attached hydrogen (secondary N) is 2. The van der Waals surface area contributed by atoms with Gasteiger partial charge in [-0.15, -0.1) is 0 Å². The summed E-state index contributed by atoms with van der Waals surface area (Å²) in [5.74, 6) is 0. The number of fused-ring (bicyclic) bond motifs is 1. The highest BCUT2D eigenvalue weighted by molar-refractivity contribution is 7.16. The van der Waals surface area contributed by atoms with Crippen LogP contribution >= 0.6 is 34.5 Å². The van der Waals surface area contributed by atoms with E-state index in [1.165, 1.54) is 6.20 Å². The first-order valence-electron chi connectivity index (χ1n) is 7.61. The fourth-order valence-corrected chi connectivity index (χ4v) is 3.65. The number of amides is 1. The number of pyridine rings is 1. The zero-order valence-electron chi connectivity index (χ0n) is 14.1. The molecule has 26 heavy (non-hydrogen) atoms. The molecule has 0 saturated carbocycles. The van der Waals surface area contributed by atoms with Crippen molar-refractivity contribution in [3.05, 3.63) is 39.1 Å². The van der Waals surface area contributed by atoms with Gasteiger partial charge in [0, 0.05) is 23.3 Å². The third-order valence-electron chi connectivity index (χ3n) is 3.29. The Morgan fingerprint density at radius 2 is 2.15 bits per heavy atom. The second-order valence-electron chi connectivity index (χ2n) is 6.50. The van der Waals surface area contributed by atoms with Crippen LogP contribution in [0.2, 0.25) is 10.2 Å². The minimum absolute atomic E-state index is 0.0953. The maximum atomic E-state index is 11.9. The molecule has 1 amide bonds. The quantitative estimate of drug-likeness (QED) is 0.573. The zero-order valence-corrected chi connectivity index (χ0v) is 16.5. The van der Waals surface area contributed by atoms with E-state index in [0.29, 0.717) is 26.5 Å². The summed E-state index contributed by atoms with van der Waals surface area (Å²) in [4.78, 5) is 23.4. The minimum atomic E-state index is -1.05. The van der Waals surface area contributed by atoms with Gasteiger partial charge < -0.3 is 14.8 Å². The first-order valence-corrected chi connectivity index (χ1v) is 9.18. The van der Waals surface area contributed by atoms with Crippen molar-refractivity contribution in [3.8, 4) is 0 Å². The van der Waals surface area contributed by atoms with E-state index < -0.39 is 17.8 Å². The summed E-state index contributed by atoms with van der Waals surface area (Å²) < 4.78 is 5.18. The van der Waals surface area contributed by atoms with Crippen LogP contribution in [0.5, 0.6) is 0 Å². The van der Waals surface area contributed by atoms with E-state index >= 15 is 0 Å². The Hall–Kier alpha value is -1.87. The SMILES string of the molecule is CC(C)(C)OC(=O)Nc1nc(Cl)c(C(O)c2c[nH]c3ncc(Cl)cc23)s1. The molecule has 138 valence electrons. The number of carbonyl (C=O) groups is 1. The van der Waals surface area contributed by atoms with Crippen molar-refractivity contribution in [2.24, 2.45) is 0 Å². The summed E-state index contributed by atoms with van der Waals surface area (Å²) in [5, 5.41) is 14.7. The molecule has 0 aliphatic rings. The Morgan fingerprint density at radius 3 is 2.85 bits per heavy atom. The van der Waals surface area contributed by atoms with E-state index in [9.17, 15) is 9.90 Å². The van der Waals surface area contributed by atoms with Crippen LogP contribution < -0.4 is 5.32 Å². The standard InChI is InChI=1S/C16H16Cl2N4O3S/c1-16(2,3)25-15(24)22-14-21-12(18)11(26-14)10(23)9-6-20-13-8(9)4-7(17)5-19-13/h4-6,10,23H,1-3H3,(H,19,20)(H,21,22,24). The number of anilines is 1. The van der Waals surface area contributed by atoms with Crippen LogP contribution in [0.1, 0.15) is 37.3 Å². The number of thiazole rings is 1. The predicted octanol–water partition coefficient (Wildman–Crippen LogP) is 4.75. The molecule has 0 aliphatic carbocycles. The largest absolute Gasteiger partial charge is 0.444 e. The minimum Gasteiger partial charge on any atom is -0.444 e. The number of nitrogens with zero attached hydrogens (tertiary/aromatic N) is 2. The number of aliphatic hydroxyl groups excluding tert-OH is 1. The predicted molar refractivity (Wildman–Crippen MR) is 102 cm³/mol. The van der Waals surface area contributed by atoms with Gasteiger partial charge in [-0.3, -0.25) is 5.32 Å². The number of hydrogen-bond acceptors (Lipinski definition) is 6. The van der Waals surface area contributed by atoms with E-state index in [1.54, 1.807) is 33.0 Å². The van der Waals surface area contributed by atoms with Gasteiger partial charge in [0.1, 0.15) is 22.5 Å². The van der Waals surface area contributed by atoms with Crippen molar-refractivity contribution in [1.29, 1.82) is 0 Å². The molecule has 0 aliphatic heterocycles. The molecule has 0 bridgehead atoms. The molecule has 1 atom stereocenters. The van der Waals surface area contributed by atoms with Gasteiger partial charge >= 0.3 is 6.09 Å². The van der Waals surface area contributed by atoms with Gasteiger partial charge in [0.25, 0.3) is 0 Å². The summed E-state index contributed by atoms with van der Waals surface area (Å²) in [6, 6.07) is 1.70. The molecular weight excluding hydrogens is 399 g/mol. The van der Waals surface area contributed by atoms with Gasteiger partial charge in [-0.2, -0.15) is 0 Å². The van der Waals surface area contributed by atoms with E-state index in [0.717, 1.165) is 11.3 Å². The molecule has 0 radical (unpaired) electrons. The van der Waals surface area contributed by atoms with Crippen LogP contribution in [0.15, 0.2) is 18.5 Å². The maximum Gasteiger partial charge on any atom is 0.413 e. The first kappa shape index (κ1) is 18.9. The summed E-state index contributed by atoms with van der Waals surface area (Å²) in [6.07, 6.45) is 1.45. The normalized spacial score (nSPS) is 13.0. The topological polar surface area (TPSA) is 100 Å². The molecule has 0 aromatic carbocycles. The van der Waals surface area contributed by atoms with E-state index in [2.05, 4.69) is 20.3 Å². The van der Waals surface area contributed by atoms with Crippen molar-refractivity contribution in [2.75, 3.05) is 5.32 Å². The highest BCUT2D eigenvalue weighted by atomic mass is 35.5. The lowest BCUT2D eigenvalue weighted by Gasteiger charge is -2.18. The second kappa shape index (κ2) is 7.03. The Labute approximate surface area is 163 Å². The number of aliphatic hydroxyl groups is 1. The highest BCUT2D eigenvalue weighted by Crippen LogP contribution is 2.38. The van der Waals surface area contributed by atoms with Crippen molar-refractivity contribution < 1.29 is 14.6 Å². The van der Waals surface area contributed by atoms with Gasteiger partial charge in [0.05, 0.1) is 9.90 Å². The Kier molecular flexibility index (Phi) is 5.12. The second-order valence-corrected chi connectivity index (χ2v) is 8.32. The van der Waals surface area contributed by atoms with Crippen molar-refractivity contribution in [3.63, 3.8) is 0 Å². The lowest BCUT2D eigenvalue weighted by molar-refractivity contribution is 0.0636. The number of hydrogen-bond donors (Lipinski definition) is 3. The summed E-state index contributed by atoms with van der Waals surface area (Å²) in [7, 11) is 0. The number of ether oxygens (including phenoxy) is 1. The Bertz CT molecular complexity index is 964. The summed E-state index contributed by atoms with van der Waals surface area (Å²) >= 11 is 13.2. The maximum absolute atomic E-state index is 11.9. The third kappa shape index (κ3) is 4.09. The van der Waals surface area contributed by atoms with Crippen LogP contribution in [0, 0.1) is 0 Å². The van der Waals surface area contributed by atoms with Gasteiger partial charge in [0.15, 0.2) is 5.13 Å². The molecule has 3 rings (SSSR count). The fourth-order valence-electron chi connectivity index (χ4n) is 2.29. The average molecular weight is 415 g/mol. The molecular formula is C16H16Cl2N4O3S. The van der Waals surface area contributed by atoms with Crippen LogP contribution in [-0.4, -0.2) is 31.8 Å². The molecule has 3 aromatic rings. The number of carbonyl (C=O) groups excluding carboxylic acids is 1. The molecule has 3 N–H and O–H groups in total. The van der Waals surface area contributed by atoms with Gasteiger partial charge in [-0.25, -0.2) is 14.8 Å². The molecule has 3 heterocycles. The average Bonchev–Trinajstić information content (AvgIpc) is 3.07. The van der Waals surface area contributed by atoms with Crippen LogP contribution in [0.25, 0.3) is 11.0 Å². The third-order valence-corrected chi connectivity index (χ3v) is 4.92. The van der Waals surface area contributed by atoms with Crippen LogP contribution in [-0.2, 0) is 4.74 Å². The smallest absolute Gasteiger partial charge is 0.413 e. The van der Waals surface area contributed by atoms with E-state index in [1.807, 2.05) is 0 Å². The molecule has 10 heteroatoms. The van der Waals surface area contributed by atoms with Crippen molar-refractivity contribution >= 4 is 56.8 Å². The Morgan fingerprint density at radius 1 is 1.42 bits per heavy atom. The Balaban J connectivity index is 1.86. The van der Waals surface area contributed by atoms with E-state index in [4.69, 9.17) is 27.9 Å². The number of rotatable bonds is 3. The molecule has 0 spiro atoms. The zero-order chi connectivity index (χ0) is 19.1. The number of aromatic nitrogens is 3.